The molecular formula is C12H9ClFN. The van der Waals surface area contributed by atoms with Crippen LogP contribution < -0.4 is 5.73 Å². The molecule has 0 bridgehead atoms. The quantitative estimate of drug-likeness (QED) is 0.730. The van der Waals surface area contributed by atoms with Crippen LogP contribution >= 0.6 is 11.6 Å². The highest BCUT2D eigenvalue weighted by Gasteiger charge is 2.04. The molecule has 2 aromatic rings. The number of nitrogens with two attached hydrogens (primary N) is 1. The molecule has 0 aromatic heterocycles. The summed E-state index contributed by atoms with van der Waals surface area (Å²) in [6.07, 6.45) is 0. The maximum atomic E-state index is 13.0. The summed E-state index contributed by atoms with van der Waals surface area (Å²) in [7, 11) is 0. The predicted octanol–water partition coefficient (Wildman–Crippen LogP) is 3.73. The Morgan fingerprint density at radius 1 is 1.07 bits per heavy atom. The fourth-order valence-electron chi connectivity index (χ4n) is 1.42. The summed E-state index contributed by atoms with van der Waals surface area (Å²) >= 11 is 6.01. The van der Waals surface area contributed by atoms with Crippen LogP contribution in [0.5, 0.6) is 0 Å². The van der Waals surface area contributed by atoms with Crippen LogP contribution in [0.25, 0.3) is 11.1 Å². The molecule has 0 amide bonds. The molecule has 0 aliphatic carbocycles. The van der Waals surface area contributed by atoms with Crippen molar-refractivity contribution >= 4 is 17.3 Å². The van der Waals surface area contributed by atoms with Gasteiger partial charge in [0, 0.05) is 11.3 Å². The highest BCUT2D eigenvalue weighted by atomic mass is 35.5. The summed E-state index contributed by atoms with van der Waals surface area (Å²) in [4.78, 5) is 0. The summed E-state index contributed by atoms with van der Waals surface area (Å²) < 4.78 is 13.0. The predicted molar refractivity (Wildman–Crippen MR) is 61.3 cm³/mol. The zero-order valence-corrected chi connectivity index (χ0v) is 8.63. The highest BCUT2D eigenvalue weighted by Crippen LogP contribution is 2.29. The van der Waals surface area contributed by atoms with E-state index in [-0.39, 0.29) is 5.82 Å². The molecule has 3 heteroatoms. The van der Waals surface area contributed by atoms with Crippen molar-refractivity contribution in [2.24, 2.45) is 0 Å². The van der Waals surface area contributed by atoms with Gasteiger partial charge in [0.05, 0.1) is 5.02 Å². The number of rotatable bonds is 1. The summed E-state index contributed by atoms with van der Waals surface area (Å²) in [6, 6.07) is 11.5. The van der Waals surface area contributed by atoms with Crippen LogP contribution in [-0.2, 0) is 0 Å². The topological polar surface area (TPSA) is 26.0 Å². The molecule has 2 aromatic carbocycles. The molecule has 0 saturated carbocycles. The monoisotopic (exact) mass is 221 g/mol. The third-order valence-corrected chi connectivity index (χ3v) is 2.44. The molecule has 0 heterocycles. The molecule has 0 saturated heterocycles. The SMILES string of the molecule is Nc1ccc(-c2cccc(F)c2)c(Cl)c1. The first-order valence-electron chi connectivity index (χ1n) is 4.48. The second kappa shape index (κ2) is 3.91. The van der Waals surface area contributed by atoms with Crippen molar-refractivity contribution in [3.05, 3.63) is 53.3 Å². The van der Waals surface area contributed by atoms with E-state index in [1.807, 2.05) is 0 Å². The van der Waals surface area contributed by atoms with Crippen LogP contribution in [0, 0.1) is 5.82 Å². The molecule has 76 valence electrons. The van der Waals surface area contributed by atoms with Crippen molar-refractivity contribution in [1.82, 2.24) is 0 Å². The van der Waals surface area contributed by atoms with Crippen LogP contribution in [0.3, 0.4) is 0 Å². The van der Waals surface area contributed by atoms with Crippen molar-refractivity contribution in [1.29, 1.82) is 0 Å². The molecule has 15 heavy (non-hydrogen) atoms. The Hall–Kier alpha value is -1.54. The van der Waals surface area contributed by atoms with Crippen molar-refractivity contribution in [2.45, 2.75) is 0 Å². The van der Waals surface area contributed by atoms with E-state index in [9.17, 15) is 4.39 Å². The Labute approximate surface area is 92.3 Å². The van der Waals surface area contributed by atoms with Crippen LogP contribution in [0.15, 0.2) is 42.5 Å². The molecule has 0 aliphatic heterocycles. The summed E-state index contributed by atoms with van der Waals surface area (Å²) in [6.45, 7) is 0. The average molecular weight is 222 g/mol. The lowest BCUT2D eigenvalue weighted by Gasteiger charge is -2.05. The van der Waals surface area contributed by atoms with Crippen molar-refractivity contribution in [3.8, 4) is 11.1 Å². The minimum Gasteiger partial charge on any atom is -0.399 e. The molecule has 0 atom stereocenters. The van der Waals surface area contributed by atoms with Gasteiger partial charge in [0.15, 0.2) is 0 Å². The van der Waals surface area contributed by atoms with Gasteiger partial charge >= 0.3 is 0 Å². The molecule has 0 aliphatic rings. The third-order valence-electron chi connectivity index (χ3n) is 2.13. The maximum absolute atomic E-state index is 13.0. The number of anilines is 1. The number of benzene rings is 2. The van der Waals surface area contributed by atoms with E-state index < -0.39 is 0 Å². The first-order chi connectivity index (χ1) is 7.16. The minimum absolute atomic E-state index is 0.277. The smallest absolute Gasteiger partial charge is 0.123 e. The van der Waals surface area contributed by atoms with Gasteiger partial charge in [-0.05, 0) is 29.8 Å². The molecule has 0 fully saturated rings. The van der Waals surface area contributed by atoms with E-state index >= 15 is 0 Å². The van der Waals surface area contributed by atoms with Gasteiger partial charge < -0.3 is 5.73 Å². The van der Waals surface area contributed by atoms with Crippen LogP contribution in [0.1, 0.15) is 0 Å². The van der Waals surface area contributed by atoms with Gasteiger partial charge in [0.2, 0.25) is 0 Å². The molecule has 0 unspecified atom stereocenters. The Morgan fingerprint density at radius 2 is 1.87 bits per heavy atom. The molecule has 1 nitrogen and oxygen atoms in total. The van der Waals surface area contributed by atoms with E-state index in [0.29, 0.717) is 10.7 Å². The van der Waals surface area contributed by atoms with E-state index in [4.69, 9.17) is 17.3 Å². The van der Waals surface area contributed by atoms with Gasteiger partial charge in [0.25, 0.3) is 0 Å². The number of hydrogen-bond donors (Lipinski definition) is 1. The Morgan fingerprint density at radius 3 is 2.53 bits per heavy atom. The standard InChI is InChI=1S/C12H9ClFN/c13-12-7-10(15)4-5-11(12)8-2-1-3-9(14)6-8/h1-7H,15H2. The van der Waals surface area contributed by atoms with E-state index in [0.717, 1.165) is 11.1 Å². The van der Waals surface area contributed by atoms with Gasteiger partial charge in [-0.2, -0.15) is 0 Å². The Kier molecular flexibility index (Phi) is 2.60. The van der Waals surface area contributed by atoms with Gasteiger partial charge in [-0.3, -0.25) is 0 Å². The lowest BCUT2D eigenvalue weighted by atomic mass is 10.1. The van der Waals surface area contributed by atoms with E-state index in [1.165, 1.54) is 12.1 Å². The summed E-state index contributed by atoms with van der Waals surface area (Å²) in [5.74, 6) is -0.277. The highest BCUT2D eigenvalue weighted by molar-refractivity contribution is 6.33. The molecule has 2 rings (SSSR count). The van der Waals surface area contributed by atoms with E-state index in [1.54, 1.807) is 30.3 Å². The Balaban J connectivity index is 2.54. The normalized spacial score (nSPS) is 10.3. The minimum atomic E-state index is -0.277. The van der Waals surface area contributed by atoms with Gasteiger partial charge in [-0.1, -0.05) is 29.8 Å². The molecule has 2 N–H and O–H groups in total. The lowest BCUT2D eigenvalue weighted by Crippen LogP contribution is -1.86. The fraction of sp³-hybridized carbons (Fsp3) is 0. The second-order valence-corrected chi connectivity index (χ2v) is 3.66. The molecular weight excluding hydrogens is 213 g/mol. The first kappa shape index (κ1) is 9.99. The van der Waals surface area contributed by atoms with Gasteiger partial charge in [-0.25, -0.2) is 4.39 Å². The third kappa shape index (κ3) is 2.10. The maximum Gasteiger partial charge on any atom is 0.123 e. The van der Waals surface area contributed by atoms with Crippen molar-refractivity contribution in [2.75, 3.05) is 5.73 Å². The molecule has 0 radical (unpaired) electrons. The zero-order valence-electron chi connectivity index (χ0n) is 7.87. The summed E-state index contributed by atoms with van der Waals surface area (Å²) in [5, 5.41) is 0.528. The number of nitrogen functional groups attached to an aromatic ring is 1. The zero-order chi connectivity index (χ0) is 10.8. The molecule has 0 spiro atoms. The van der Waals surface area contributed by atoms with Gasteiger partial charge in [-0.15, -0.1) is 0 Å². The van der Waals surface area contributed by atoms with Crippen LogP contribution in [0.4, 0.5) is 10.1 Å². The second-order valence-electron chi connectivity index (χ2n) is 3.25. The first-order valence-corrected chi connectivity index (χ1v) is 4.85. The van der Waals surface area contributed by atoms with Crippen LogP contribution in [-0.4, -0.2) is 0 Å². The number of hydrogen-bond acceptors (Lipinski definition) is 1. The average Bonchev–Trinajstić information content (AvgIpc) is 2.17. The number of halogens is 2. The summed E-state index contributed by atoms with van der Waals surface area (Å²) in [5.41, 5.74) is 7.71. The van der Waals surface area contributed by atoms with E-state index in [2.05, 4.69) is 0 Å². The van der Waals surface area contributed by atoms with Crippen molar-refractivity contribution in [3.63, 3.8) is 0 Å². The fourth-order valence-corrected chi connectivity index (χ4v) is 1.72. The lowest BCUT2D eigenvalue weighted by molar-refractivity contribution is 0.628. The van der Waals surface area contributed by atoms with Crippen molar-refractivity contribution < 1.29 is 4.39 Å². The Bertz CT molecular complexity index is 497. The largest absolute Gasteiger partial charge is 0.399 e. The van der Waals surface area contributed by atoms with Gasteiger partial charge in [0.1, 0.15) is 5.82 Å². The van der Waals surface area contributed by atoms with Crippen LogP contribution in [0.2, 0.25) is 5.02 Å².